The zero-order valence-electron chi connectivity index (χ0n) is 11.1. The van der Waals surface area contributed by atoms with Gasteiger partial charge in [0.2, 0.25) is 0 Å². The third kappa shape index (κ3) is 6.00. The molecule has 3 heteroatoms. The molecule has 0 saturated heterocycles. The van der Waals surface area contributed by atoms with Gasteiger partial charge in [0.25, 0.3) is 0 Å². The average molecular weight is 262 g/mol. The van der Waals surface area contributed by atoms with Gasteiger partial charge in [-0.3, -0.25) is 0 Å². The Morgan fingerprint density at radius 2 is 1.95 bits per heavy atom. The van der Waals surface area contributed by atoms with Gasteiger partial charge in [-0.05, 0) is 36.1 Å². The van der Waals surface area contributed by atoms with E-state index in [2.05, 4.69) is 6.92 Å². The van der Waals surface area contributed by atoms with E-state index in [1.54, 1.807) is 18.2 Å². The number of unbranched alkanes of at least 4 members (excludes halogenated alkanes) is 2. The fourth-order valence-corrected chi connectivity index (χ4v) is 1.80. The van der Waals surface area contributed by atoms with Crippen molar-refractivity contribution in [2.75, 3.05) is 0 Å². The Balaban J connectivity index is 2.84. The van der Waals surface area contributed by atoms with E-state index in [0.29, 0.717) is 0 Å². The second kappa shape index (κ2) is 8.25. The molecule has 1 aromatic rings. The lowest BCUT2D eigenvalue weighted by Crippen LogP contribution is -1.88. The van der Waals surface area contributed by atoms with E-state index in [-0.39, 0.29) is 5.82 Å². The second-order valence-corrected chi connectivity index (χ2v) is 4.35. The maximum atomic E-state index is 12.9. The Bertz CT molecular complexity index is 458. The number of hydrogen-bond acceptors (Lipinski definition) is 1. The first-order valence-corrected chi connectivity index (χ1v) is 6.49. The standard InChI is InChI=1S/C16H19FO2/c1-2-3-4-6-13(7-5-8-16(18)19)14-9-11-15(17)12-10-14/h5,7-12H,2-4,6H2,1H3,(H,18,19)/b8-5+,13-7+. The van der Waals surface area contributed by atoms with E-state index in [1.807, 2.05) is 0 Å². The Hall–Kier alpha value is -1.90. The number of benzene rings is 1. The van der Waals surface area contributed by atoms with E-state index in [4.69, 9.17) is 5.11 Å². The molecule has 1 aromatic carbocycles. The molecule has 19 heavy (non-hydrogen) atoms. The van der Waals surface area contributed by atoms with Crippen molar-refractivity contribution in [1.29, 1.82) is 0 Å². The third-order valence-corrected chi connectivity index (χ3v) is 2.80. The number of carboxylic acids is 1. The van der Waals surface area contributed by atoms with Crippen LogP contribution in [0.25, 0.3) is 5.57 Å². The van der Waals surface area contributed by atoms with Gasteiger partial charge in [0.05, 0.1) is 0 Å². The van der Waals surface area contributed by atoms with Gasteiger partial charge in [0, 0.05) is 6.08 Å². The molecule has 0 heterocycles. The number of hydrogen-bond donors (Lipinski definition) is 1. The van der Waals surface area contributed by atoms with Crippen LogP contribution in [0.1, 0.15) is 38.2 Å². The van der Waals surface area contributed by atoms with E-state index in [1.165, 1.54) is 18.2 Å². The van der Waals surface area contributed by atoms with Crippen molar-refractivity contribution in [2.45, 2.75) is 32.6 Å². The summed E-state index contributed by atoms with van der Waals surface area (Å²) in [6.07, 6.45) is 8.57. The van der Waals surface area contributed by atoms with Crippen molar-refractivity contribution in [3.05, 3.63) is 53.9 Å². The summed E-state index contributed by atoms with van der Waals surface area (Å²) in [6, 6.07) is 6.29. The third-order valence-electron chi connectivity index (χ3n) is 2.80. The van der Waals surface area contributed by atoms with Crippen LogP contribution in [0, 0.1) is 5.82 Å². The topological polar surface area (TPSA) is 37.3 Å². The number of aliphatic carboxylic acids is 1. The quantitative estimate of drug-likeness (QED) is 0.448. The summed E-state index contributed by atoms with van der Waals surface area (Å²) in [5.41, 5.74) is 1.97. The number of rotatable bonds is 7. The predicted molar refractivity (Wildman–Crippen MR) is 75.3 cm³/mol. The van der Waals surface area contributed by atoms with Crippen molar-refractivity contribution >= 4 is 11.5 Å². The average Bonchev–Trinajstić information content (AvgIpc) is 2.38. The van der Waals surface area contributed by atoms with Crippen LogP contribution in [0.3, 0.4) is 0 Å². The maximum Gasteiger partial charge on any atom is 0.328 e. The zero-order valence-corrected chi connectivity index (χ0v) is 11.1. The smallest absolute Gasteiger partial charge is 0.328 e. The molecule has 0 spiro atoms. The summed E-state index contributed by atoms with van der Waals surface area (Å²) < 4.78 is 12.9. The van der Waals surface area contributed by atoms with Crippen LogP contribution >= 0.6 is 0 Å². The minimum Gasteiger partial charge on any atom is -0.478 e. The molecule has 1 N–H and O–H groups in total. The maximum absolute atomic E-state index is 12.9. The number of carboxylic acid groups (broad SMARTS) is 1. The van der Waals surface area contributed by atoms with Gasteiger partial charge in [-0.25, -0.2) is 9.18 Å². The van der Waals surface area contributed by atoms with Crippen LogP contribution in [0.5, 0.6) is 0 Å². The van der Waals surface area contributed by atoms with E-state index < -0.39 is 5.97 Å². The molecule has 1 rings (SSSR count). The normalized spacial score (nSPS) is 12.0. The molecule has 0 amide bonds. The summed E-state index contributed by atoms with van der Waals surface area (Å²) in [4.78, 5) is 10.5. The summed E-state index contributed by atoms with van der Waals surface area (Å²) in [5, 5.41) is 8.58. The van der Waals surface area contributed by atoms with Crippen LogP contribution < -0.4 is 0 Å². The summed E-state index contributed by atoms with van der Waals surface area (Å²) in [7, 11) is 0. The van der Waals surface area contributed by atoms with Crippen molar-refractivity contribution in [3.8, 4) is 0 Å². The Morgan fingerprint density at radius 3 is 2.53 bits per heavy atom. The Morgan fingerprint density at radius 1 is 1.26 bits per heavy atom. The van der Waals surface area contributed by atoms with Crippen LogP contribution in [-0.4, -0.2) is 11.1 Å². The molecule has 0 saturated carbocycles. The van der Waals surface area contributed by atoms with Crippen LogP contribution in [0.4, 0.5) is 4.39 Å². The number of allylic oxidation sites excluding steroid dienone is 3. The lowest BCUT2D eigenvalue weighted by Gasteiger charge is -2.07. The molecular formula is C16H19FO2. The Labute approximate surface area is 113 Å². The fraction of sp³-hybridized carbons (Fsp3) is 0.312. The van der Waals surface area contributed by atoms with Gasteiger partial charge in [0.15, 0.2) is 0 Å². The highest BCUT2D eigenvalue weighted by molar-refractivity contribution is 5.80. The SMILES string of the molecule is CCCCC/C(=C\C=C\C(=O)O)c1ccc(F)cc1. The van der Waals surface area contributed by atoms with Gasteiger partial charge in [0.1, 0.15) is 5.82 Å². The molecule has 0 unspecified atom stereocenters. The van der Waals surface area contributed by atoms with Gasteiger partial charge in [-0.2, -0.15) is 0 Å². The molecule has 0 radical (unpaired) electrons. The van der Waals surface area contributed by atoms with Crippen LogP contribution in [-0.2, 0) is 4.79 Å². The summed E-state index contributed by atoms with van der Waals surface area (Å²) in [5.74, 6) is -1.24. The van der Waals surface area contributed by atoms with Gasteiger partial charge < -0.3 is 5.11 Å². The van der Waals surface area contributed by atoms with Crippen molar-refractivity contribution < 1.29 is 14.3 Å². The molecule has 0 atom stereocenters. The Kier molecular flexibility index (Phi) is 6.58. The predicted octanol–water partition coefficient (Wildman–Crippen LogP) is 4.43. The number of halogens is 1. The van der Waals surface area contributed by atoms with E-state index >= 15 is 0 Å². The molecular weight excluding hydrogens is 243 g/mol. The summed E-state index contributed by atoms with van der Waals surface area (Å²) in [6.45, 7) is 2.13. The monoisotopic (exact) mass is 262 g/mol. The minimum absolute atomic E-state index is 0.266. The highest BCUT2D eigenvalue weighted by atomic mass is 19.1. The summed E-state index contributed by atoms with van der Waals surface area (Å²) >= 11 is 0. The first-order chi connectivity index (χ1) is 9.13. The lowest BCUT2D eigenvalue weighted by molar-refractivity contribution is -0.131. The molecule has 0 aromatic heterocycles. The second-order valence-electron chi connectivity index (χ2n) is 4.35. The molecule has 0 aliphatic heterocycles. The van der Waals surface area contributed by atoms with Crippen molar-refractivity contribution in [1.82, 2.24) is 0 Å². The van der Waals surface area contributed by atoms with Crippen molar-refractivity contribution in [2.24, 2.45) is 0 Å². The molecule has 102 valence electrons. The first kappa shape index (κ1) is 15.2. The molecule has 0 aliphatic rings. The zero-order chi connectivity index (χ0) is 14.1. The van der Waals surface area contributed by atoms with Gasteiger partial charge >= 0.3 is 5.97 Å². The van der Waals surface area contributed by atoms with Crippen LogP contribution in [0.2, 0.25) is 0 Å². The molecule has 0 bridgehead atoms. The molecule has 2 nitrogen and oxygen atoms in total. The van der Waals surface area contributed by atoms with E-state index in [0.717, 1.165) is 42.9 Å². The van der Waals surface area contributed by atoms with Crippen molar-refractivity contribution in [3.63, 3.8) is 0 Å². The van der Waals surface area contributed by atoms with Gasteiger partial charge in [-0.15, -0.1) is 0 Å². The first-order valence-electron chi connectivity index (χ1n) is 6.49. The minimum atomic E-state index is -0.969. The molecule has 0 aliphatic carbocycles. The van der Waals surface area contributed by atoms with Gasteiger partial charge in [-0.1, -0.05) is 44.1 Å². The number of carbonyl (C=O) groups is 1. The highest BCUT2D eigenvalue weighted by Gasteiger charge is 2.01. The largest absolute Gasteiger partial charge is 0.478 e. The van der Waals surface area contributed by atoms with Crippen LogP contribution in [0.15, 0.2) is 42.5 Å². The van der Waals surface area contributed by atoms with E-state index in [9.17, 15) is 9.18 Å². The fourth-order valence-electron chi connectivity index (χ4n) is 1.80. The lowest BCUT2D eigenvalue weighted by atomic mass is 9.99. The highest BCUT2D eigenvalue weighted by Crippen LogP contribution is 2.21. The molecule has 0 fully saturated rings.